The molecule has 1 fully saturated rings. The third kappa shape index (κ3) is 5.80. The van der Waals surface area contributed by atoms with Crippen LogP contribution in [0.25, 0.3) is 11.0 Å². The predicted molar refractivity (Wildman–Crippen MR) is 144 cm³/mol. The molecule has 2 amide bonds. The minimum absolute atomic E-state index is 0.121. The van der Waals surface area contributed by atoms with Crippen molar-refractivity contribution in [3.63, 3.8) is 0 Å². The molecule has 192 valence electrons. The molecule has 1 saturated heterocycles. The maximum Gasteiger partial charge on any atom is 0.329 e. The number of unbranched alkanes of at least 4 members (excludes halogenated alkanes) is 1. The average Bonchev–Trinajstić information content (AvgIpc) is 3.51. The van der Waals surface area contributed by atoms with Crippen LogP contribution < -0.4 is 21.2 Å². The van der Waals surface area contributed by atoms with E-state index in [2.05, 4.69) is 28.5 Å². The van der Waals surface area contributed by atoms with Crippen LogP contribution in [0.5, 0.6) is 0 Å². The molecule has 1 aliphatic heterocycles. The molecule has 2 heterocycles. The molecule has 0 radical (unpaired) electrons. The minimum Gasteiger partial charge on any atom is -0.371 e. The summed E-state index contributed by atoms with van der Waals surface area (Å²) in [6.45, 7) is 6.89. The molecule has 36 heavy (non-hydrogen) atoms. The number of nitrogens with zero attached hydrogens (tertiary/aromatic N) is 3. The first-order valence-corrected chi connectivity index (χ1v) is 13.1. The summed E-state index contributed by atoms with van der Waals surface area (Å²) in [6.07, 6.45) is 4.82. The van der Waals surface area contributed by atoms with Crippen LogP contribution in [-0.4, -0.2) is 40.1 Å². The largest absolute Gasteiger partial charge is 0.371 e. The molecular weight excluding hydrogens is 454 g/mol. The van der Waals surface area contributed by atoms with Crippen molar-refractivity contribution in [2.45, 2.75) is 71.5 Å². The number of aryl methyl sites for hydroxylation is 2. The number of hydrogen-bond donors (Lipinski definition) is 2. The summed E-state index contributed by atoms with van der Waals surface area (Å²) in [4.78, 5) is 41.2. The van der Waals surface area contributed by atoms with Gasteiger partial charge in [0.05, 0.1) is 11.0 Å². The van der Waals surface area contributed by atoms with Crippen molar-refractivity contribution in [2.75, 3.05) is 23.3 Å². The topological polar surface area (TPSA) is 88.4 Å². The zero-order valence-corrected chi connectivity index (χ0v) is 21.3. The number of imidazole rings is 1. The Bertz CT molecular complexity index is 1260. The Kier molecular flexibility index (Phi) is 8.46. The van der Waals surface area contributed by atoms with Crippen LogP contribution >= 0.6 is 0 Å². The number of rotatable bonds is 11. The summed E-state index contributed by atoms with van der Waals surface area (Å²) in [5.41, 5.74) is 3.40. The first-order valence-electron chi connectivity index (χ1n) is 13.1. The number of anilines is 2. The second-order valence-corrected chi connectivity index (χ2v) is 9.41. The number of fused-ring (bicyclic) bond motifs is 1. The van der Waals surface area contributed by atoms with Gasteiger partial charge in [0.15, 0.2) is 0 Å². The highest BCUT2D eigenvalue weighted by molar-refractivity contribution is 5.97. The van der Waals surface area contributed by atoms with Gasteiger partial charge in [-0.15, -0.1) is 0 Å². The summed E-state index contributed by atoms with van der Waals surface area (Å²) < 4.78 is 3.35. The molecule has 0 saturated carbocycles. The van der Waals surface area contributed by atoms with E-state index >= 15 is 0 Å². The number of nitrogens with one attached hydrogen (secondary N) is 2. The van der Waals surface area contributed by atoms with Crippen molar-refractivity contribution < 1.29 is 9.59 Å². The number of hydrogen-bond acceptors (Lipinski definition) is 4. The molecule has 3 aromatic rings. The van der Waals surface area contributed by atoms with Crippen molar-refractivity contribution >= 4 is 34.2 Å². The van der Waals surface area contributed by atoms with E-state index in [-0.39, 0.29) is 30.5 Å². The zero-order chi connectivity index (χ0) is 25.5. The van der Waals surface area contributed by atoms with Gasteiger partial charge in [-0.1, -0.05) is 38.0 Å². The molecule has 1 aliphatic rings. The summed E-state index contributed by atoms with van der Waals surface area (Å²) in [6, 6.07) is 14.9. The van der Waals surface area contributed by atoms with Crippen LogP contribution in [0, 0.1) is 0 Å². The lowest BCUT2D eigenvalue weighted by molar-refractivity contribution is -0.126. The Balaban J connectivity index is 1.41. The summed E-state index contributed by atoms with van der Waals surface area (Å²) in [5, 5.41) is 5.92. The van der Waals surface area contributed by atoms with E-state index in [0.29, 0.717) is 13.0 Å². The van der Waals surface area contributed by atoms with E-state index in [1.807, 2.05) is 49.4 Å². The Morgan fingerprint density at radius 1 is 0.972 bits per heavy atom. The second-order valence-electron chi connectivity index (χ2n) is 9.41. The third-order valence-corrected chi connectivity index (χ3v) is 6.89. The van der Waals surface area contributed by atoms with Gasteiger partial charge >= 0.3 is 5.69 Å². The summed E-state index contributed by atoms with van der Waals surface area (Å²) >= 11 is 0. The van der Waals surface area contributed by atoms with Crippen LogP contribution in [-0.2, 0) is 22.7 Å². The molecule has 1 aromatic heterocycles. The minimum atomic E-state index is -0.624. The standard InChI is InChI=1S/C28H37N5O3/c1-3-5-13-23(27(35)29-21-11-10-12-22(20-21)31-17-8-9-18-31)30-26(34)16-19-33-25-15-7-6-14-24(25)32(4-2)28(33)36/h6-7,10-12,14-15,20,23H,3-5,8-9,13,16-19H2,1-2H3,(H,29,35)(H,30,34). The van der Waals surface area contributed by atoms with Gasteiger partial charge in [0.25, 0.3) is 0 Å². The molecule has 1 atom stereocenters. The number of amides is 2. The van der Waals surface area contributed by atoms with E-state index in [4.69, 9.17) is 0 Å². The molecule has 1 unspecified atom stereocenters. The van der Waals surface area contributed by atoms with Gasteiger partial charge in [-0.3, -0.25) is 18.7 Å². The maximum absolute atomic E-state index is 13.1. The predicted octanol–water partition coefficient (Wildman–Crippen LogP) is 4.13. The van der Waals surface area contributed by atoms with Gasteiger partial charge in [0, 0.05) is 44.0 Å². The Hall–Kier alpha value is -3.55. The molecule has 0 spiro atoms. The van der Waals surface area contributed by atoms with Crippen molar-refractivity contribution in [1.82, 2.24) is 14.5 Å². The van der Waals surface area contributed by atoms with Crippen molar-refractivity contribution in [2.24, 2.45) is 0 Å². The summed E-state index contributed by atoms with van der Waals surface area (Å²) in [7, 11) is 0. The lowest BCUT2D eigenvalue weighted by Gasteiger charge is -2.21. The van der Waals surface area contributed by atoms with Crippen LogP contribution in [0.1, 0.15) is 52.4 Å². The zero-order valence-electron chi connectivity index (χ0n) is 21.3. The van der Waals surface area contributed by atoms with Gasteiger partial charge in [0.2, 0.25) is 11.8 Å². The van der Waals surface area contributed by atoms with Crippen molar-refractivity contribution in [1.29, 1.82) is 0 Å². The molecule has 8 heteroatoms. The van der Waals surface area contributed by atoms with Crippen LogP contribution in [0.4, 0.5) is 11.4 Å². The van der Waals surface area contributed by atoms with E-state index in [1.165, 1.54) is 12.8 Å². The molecule has 0 aliphatic carbocycles. The number of benzene rings is 2. The Morgan fingerprint density at radius 2 is 1.69 bits per heavy atom. The number of carbonyl (C=O) groups excluding carboxylic acids is 2. The van der Waals surface area contributed by atoms with Gasteiger partial charge < -0.3 is 15.5 Å². The van der Waals surface area contributed by atoms with E-state index in [1.54, 1.807) is 9.13 Å². The molecular formula is C28H37N5O3. The molecule has 4 rings (SSSR count). The Labute approximate surface area is 212 Å². The van der Waals surface area contributed by atoms with Gasteiger partial charge in [-0.2, -0.15) is 0 Å². The second kappa shape index (κ2) is 11.9. The first kappa shape index (κ1) is 25.5. The molecule has 8 nitrogen and oxygen atoms in total. The van der Waals surface area contributed by atoms with Crippen molar-refractivity contribution in [3.8, 4) is 0 Å². The van der Waals surface area contributed by atoms with E-state index in [9.17, 15) is 14.4 Å². The first-order chi connectivity index (χ1) is 17.5. The van der Waals surface area contributed by atoms with Crippen LogP contribution in [0.2, 0.25) is 0 Å². The normalized spacial score (nSPS) is 14.2. The smallest absolute Gasteiger partial charge is 0.329 e. The SMILES string of the molecule is CCCCC(NC(=O)CCn1c(=O)n(CC)c2ccccc21)C(=O)Nc1cccc(N2CCCC2)c1. The van der Waals surface area contributed by atoms with Gasteiger partial charge in [0.1, 0.15) is 6.04 Å². The maximum atomic E-state index is 13.1. The fraction of sp³-hybridized carbons (Fsp3) is 0.464. The third-order valence-electron chi connectivity index (χ3n) is 6.89. The monoisotopic (exact) mass is 491 g/mol. The molecule has 2 aromatic carbocycles. The van der Waals surface area contributed by atoms with Crippen LogP contribution in [0.15, 0.2) is 53.3 Å². The van der Waals surface area contributed by atoms with Gasteiger partial charge in [-0.25, -0.2) is 4.79 Å². The van der Waals surface area contributed by atoms with Gasteiger partial charge in [-0.05, 0) is 56.5 Å². The quantitative estimate of drug-likeness (QED) is 0.422. The fourth-order valence-electron chi connectivity index (χ4n) is 4.94. The number of carbonyl (C=O) groups is 2. The molecule has 2 N–H and O–H groups in total. The van der Waals surface area contributed by atoms with Crippen molar-refractivity contribution in [3.05, 3.63) is 59.0 Å². The summed E-state index contributed by atoms with van der Waals surface area (Å²) in [5.74, 6) is -0.451. The lowest BCUT2D eigenvalue weighted by Crippen LogP contribution is -2.44. The Morgan fingerprint density at radius 3 is 2.39 bits per heavy atom. The average molecular weight is 492 g/mol. The van der Waals surface area contributed by atoms with Crippen LogP contribution in [0.3, 0.4) is 0 Å². The highest BCUT2D eigenvalue weighted by atomic mass is 16.2. The fourth-order valence-corrected chi connectivity index (χ4v) is 4.94. The highest BCUT2D eigenvalue weighted by Gasteiger charge is 2.22. The van der Waals surface area contributed by atoms with E-state index < -0.39 is 6.04 Å². The van der Waals surface area contributed by atoms with E-state index in [0.717, 1.165) is 48.3 Å². The molecule has 0 bridgehead atoms. The number of aromatic nitrogens is 2. The lowest BCUT2D eigenvalue weighted by atomic mass is 10.1. The number of para-hydroxylation sites is 2. The highest BCUT2D eigenvalue weighted by Crippen LogP contribution is 2.23.